The molecule has 0 aliphatic carbocycles. The number of sulfonamides is 1. The molecule has 2 amide bonds. The Balaban J connectivity index is 1.83. The smallest absolute Gasteiger partial charge is 0.255 e. The first kappa shape index (κ1) is 23.8. The molecule has 1 aliphatic rings. The molecule has 0 bridgehead atoms. The molecular weight excluding hydrogens is 426 g/mol. The van der Waals surface area contributed by atoms with Gasteiger partial charge in [0.1, 0.15) is 6.54 Å². The van der Waals surface area contributed by atoms with Gasteiger partial charge in [-0.15, -0.1) is 0 Å². The summed E-state index contributed by atoms with van der Waals surface area (Å²) in [6.45, 7) is 4.66. The summed E-state index contributed by atoms with van der Waals surface area (Å²) in [5.41, 5.74) is 2.83. The summed E-state index contributed by atoms with van der Waals surface area (Å²) in [7, 11) is -3.70. The van der Waals surface area contributed by atoms with Gasteiger partial charge in [-0.25, -0.2) is 8.42 Å². The summed E-state index contributed by atoms with van der Waals surface area (Å²) >= 11 is 0. The van der Waals surface area contributed by atoms with E-state index in [0.717, 1.165) is 47.4 Å². The second-order valence-corrected chi connectivity index (χ2v) is 10.2. The van der Waals surface area contributed by atoms with Crippen LogP contribution in [0.1, 0.15) is 47.2 Å². The van der Waals surface area contributed by atoms with Crippen LogP contribution in [0.4, 0.5) is 11.4 Å². The molecule has 0 radical (unpaired) electrons. The summed E-state index contributed by atoms with van der Waals surface area (Å²) in [5.74, 6) is -0.619. The van der Waals surface area contributed by atoms with Crippen LogP contribution in [0.25, 0.3) is 0 Å². The second-order valence-electron chi connectivity index (χ2n) is 8.31. The van der Waals surface area contributed by atoms with E-state index in [2.05, 4.69) is 5.32 Å². The van der Waals surface area contributed by atoms with Crippen LogP contribution in [0.2, 0.25) is 0 Å². The molecule has 1 saturated heterocycles. The Labute approximate surface area is 190 Å². The van der Waals surface area contributed by atoms with Crippen molar-refractivity contribution in [1.82, 2.24) is 4.90 Å². The molecule has 32 heavy (non-hydrogen) atoms. The Bertz CT molecular complexity index is 1070. The van der Waals surface area contributed by atoms with Crippen molar-refractivity contribution in [2.24, 2.45) is 0 Å². The number of aryl methyl sites for hydroxylation is 2. The lowest BCUT2D eigenvalue weighted by molar-refractivity contribution is -0.114. The van der Waals surface area contributed by atoms with Crippen LogP contribution >= 0.6 is 0 Å². The minimum absolute atomic E-state index is 0.113. The van der Waals surface area contributed by atoms with Gasteiger partial charge in [0.05, 0.1) is 23.2 Å². The van der Waals surface area contributed by atoms with Crippen molar-refractivity contribution in [1.29, 1.82) is 0 Å². The SMILES string of the molecule is Cc1cccc(C)c1N(CC(=O)Nc1ccccc1C(=O)N1CCCCCC1)S(C)(=O)=O. The number of carbonyl (C=O) groups is 2. The quantitative estimate of drug-likeness (QED) is 0.716. The predicted molar refractivity (Wildman–Crippen MR) is 128 cm³/mol. The number of amides is 2. The van der Waals surface area contributed by atoms with Crippen LogP contribution in [0.5, 0.6) is 0 Å². The number of nitrogens with one attached hydrogen (secondary N) is 1. The fraction of sp³-hybridized carbons (Fsp3) is 0.417. The Morgan fingerprint density at radius 2 is 1.53 bits per heavy atom. The molecule has 1 aliphatic heterocycles. The minimum atomic E-state index is -3.70. The highest BCUT2D eigenvalue weighted by Gasteiger charge is 2.25. The maximum absolute atomic E-state index is 13.1. The fourth-order valence-corrected chi connectivity index (χ4v) is 5.08. The van der Waals surface area contributed by atoms with E-state index >= 15 is 0 Å². The number of hydrogen-bond acceptors (Lipinski definition) is 4. The topological polar surface area (TPSA) is 86.8 Å². The third kappa shape index (κ3) is 5.68. The molecule has 1 N–H and O–H groups in total. The van der Waals surface area contributed by atoms with Gasteiger partial charge in [-0.1, -0.05) is 43.2 Å². The van der Waals surface area contributed by atoms with Crippen molar-refractivity contribution < 1.29 is 18.0 Å². The first-order valence-corrected chi connectivity index (χ1v) is 12.8. The van der Waals surface area contributed by atoms with E-state index in [9.17, 15) is 18.0 Å². The van der Waals surface area contributed by atoms with E-state index < -0.39 is 15.9 Å². The van der Waals surface area contributed by atoms with Gasteiger partial charge >= 0.3 is 0 Å². The van der Waals surface area contributed by atoms with Crippen LogP contribution in [0, 0.1) is 13.8 Å². The average Bonchev–Trinajstić information content (AvgIpc) is 3.01. The van der Waals surface area contributed by atoms with Crippen molar-refractivity contribution in [2.45, 2.75) is 39.5 Å². The zero-order valence-electron chi connectivity index (χ0n) is 18.9. The molecule has 7 nitrogen and oxygen atoms in total. The van der Waals surface area contributed by atoms with Gasteiger partial charge in [0.2, 0.25) is 15.9 Å². The highest BCUT2D eigenvalue weighted by atomic mass is 32.2. The minimum Gasteiger partial charge on any atom is -0.339 e. The number of anilines is 2. The summed E-state index contributed by atoms with van der Waals surface area (Å²) in [5, 5.41) is 2.76. The molecule has 0 spiro atoms. The predicted octanol–water partition coefficient (Wildman–Crippen LogP) is 3.72. The van der Waals surface area contributed by atoms with Crippen LogP contribution in [-0.2, 0) is 14.8 Å². The lowest BCUT2D eigenvalue weighted by Crippen LogP contribution is -2.38. The van der Waals surface area contributed by atoms with Crippen molar-refractivity contribution in [3.8, 4) is 0 Å². The molecule has 0 aromatic heterocycles. The molecule has 3 rings (SSSR count). The zero-order valence-corrected chi connectivity index (χ0v) is 19.7. The zero-order chi connectivity index (χ0) is 23.3. The van der Waals surface area contributed by atoms with E-state index in [1.165, 1.54) is 0 Å². The van der Waals surface area contributed by atoms with Crippen molar-refractivity contribution in [3.63, 3.8) is 0 Å². The lowest BCUT2D eigenvalue weighted by Gasteiger charge is -2.26. The van der Waals surface area contributed by atoms with Crippen LogP contribution in [-0.4, -0.2) is 51.0 Å². The molecule has 1 heterocycles. The van der Waals surface area contributed by atoms with Crippen molar-refractivity contribution >= 4 is 33.2 Å². The van der Waals surface area contributed by atoms with E-state index in [-0.39, 0.29) is 12.5 Å². The third-order valence-electron chi connectivity index (χ3n) is 5.70. The molecule has 8 heteroatoms. The van der Waals surface area contributed by atoms with Crippen LogP contribution in [0.3, 0.4) is 0 Å². The first-order chi connectivity index (χ1) is 15.2. The monoisotopic (exact) mass is 457 g/mol. The van der Waals surface area contributed by atoms with Gasteiger partial charge in [0.25, 0.3) is 5.91 Å². The van der Waals surface area contributed by atoms with Gasteiger partial charge in [0.15, 0.2) is 0 Å². The molecule has 0 saturated carbocycles. The molecule has 0 unspecified atom stereocenters. The molecular formula is C24H31N3O4S. The summed E-state index contributed by atoms with van der Waals surface area (Å²) < 4.78 is 26.2. The van der Waals surface area contributed by atoms with Gasteiger partial charge in [-0.3, -0.25) is 13.9 Å². The highest BCUT2D eigenvalue weighted by molar-refractivity contribution is 7.92. The fourth-order valence-electron chi connectivity index (χ4n) is 4.10. The number of para-hydroxylation sites is 2. The number of likely N-dealkylation sites (tertiary alicyclic amines) is 1. The number of carbonyl (C=O) groups excluding carboxylic acids is 2. The number of benzene rings is 2. The summed E-state index contributed by atoms with van der Waals surface area (Å²) in [6.07, 6.45) is 5.26. The molecule has 172 valence electrons. The standard InChI is InChI=1S/C24H31N3O4S/c1-18-11-10-12-19(2)23(18)27(32(3,30)31)17-22(28)25-21-14-7-6-13-20(21)24(29)26-15-8-4-5-9-16-26/h6-7,10-14H,4-5,8-9,15-17H2,1-3H3,(H,25,28). The molecule has 1 fully saturated rings. The van der Waals surface area contributed by atoms with Gasteiger partial charge in [-0.2, -0.15) is 0 Å². The maximum Gasteiger partial charge on any atom is 0.255 e. The summed E-state index contributed by atoms with van der Waals surface area (Å²) in [4.78, 5) is 27.9. The molecule has 0 atom stereocenters. The van der Waals surface area contributed by atoms with Gasteiger partial charge < -0.3 is 10.2 Å². The van der Waals surface area contributed by atoms with E-state index in [4.69, 9.17) is 0 Å². The van der Waals surface area contributed by atoms with Crippen LogP contribution in [0.15, 0.2) is 42.5 Å². The number of rotatable bonds is 6. The Morgan fingerprint density at radius 3 is 2.12 bits per heavy atom. The second kappa shape index (κ2) is 10.2. The van der Waals surface area contributed by atoms with E-state index in [1.54, 1.807) is 24.3 Å². The third-order valence-corrected chi connectivity index (χ3v) is 6.81. The Morgan fingerprint density at radius 1 is 0.938 bits per heavy atom. The van der Waals surface area contributed by atoms with Gasteiger partial charge in [-0.05, 0) is 49.9 Å². The molecule has 2 aromatic carbocycles. The molecule has 2 aromatic rings. The summed E-state index contributed by atoms with van der Waals surface area (Å²) in [6, 6.07) is 12.4. The highest BCUT2D eigenvalue weighted by Crippen LogP contribution is 2.27. The average molecular weight is 458 g/mol. The Kier molecular flexibility index (Phi) is 7.56. The Hall–Kier alpha value is -2.87. The van der Waals surface area contributed by atoms with E-state index in [1.807, 2.05) is 36.9 Å². The largest absolute Gasteiger partial charge is 0.339 e. The normalized spacial score (nSPS) is 14.5. The van der Waals surface area contributed by atoms with Gasteiger partial charge in [0, 0.05) is 13.1 Å². The number of nitrogens with zero attached hydrogens (tertiary/aromatic N) is 2. The van der Waals surface area contributed by atoms with Crippen LogP contribution < -0.4 is 9.62 Å². The van der Waals surface area contributed by atoms with Crippen molar-refractivity contribution in [3.05, 3.63) is 59.2 Å². The van der Waals surface area contributed by atoms with Crippen molar-refractivity contribution in [2.75, 3.05) is 35.5 Å². The van der Waals surface area contributed by atoms with E-state index in [0.29, 0.717) is 30.0 Å². The lowest BCUT2D eigenvalue weighted by atomic mass is 10.1. The maximum atomic E-state index is 13.1. The number of hydrogen-bond donors (Lipinski definition) is 1. The first-order valence-electron chi connectivity index (χ1n) is 10.9.